The molecule has 2 N–H and O–H groups in total. The SMILES string of the molecule is CCC(C)(C)NC(=O)C(C)Oc1cc(F)ccc1[C@@H](C)O. The highest BCUT2D eigenvalue weighted by molar-refractivity contribution is 5.81. The van der Waals surface area contributed by atoms with Crippen molar-refractivity contribution < 1.29 is 19.0 Å². The number of ether oxygens (including phenoxy) is 1. The molecule has 118 valence electrons. The number of aliphatic hydroxyl groups is 1. The van der Waals surface area contributed by atoms with Crippen molar-refractivity contribution in [1.29, 1.82) is 0 Å². The Hall–Kier alpha value is -1.62. The molecule has 1 aromatic rings. The zero-order valence-electron chi connectivity index (χ0n) is 13.2. The lowest BCUT2D eigenvalue weighted by Gasteiger charge is -2.27. The lowest BCUT2D eigenvalue weighted by atomic mass is 10.0. The molecule has 0 aromatic heterocycles. The predicted molar refractivity (Wildman–Crippen MR) is 79.6 cm³/mol. The maximum absolute atomic E-state index is 13.3. The topological polar surface area (TPSA) is 58.6 Å². The van der Waals surface area contributed by atoms with E-state index in [-0.39, 0.29) is 17.2 Å². The molecular formula is C16H24FNO3. The first kappa shape index (κ1) is 17.4. The monoisotopic (exact) mass is 297 g/mol. The van der Waals surface area contributed by atoms with Crippen LogP contribution in [0.3, 0.4) is 0 Å². The molecule has 0 fully saturated rings. The van der Waals surface area contributed by atoms with E-state index in [1.54, 1.807) is 13.8 Å². The summed E-state index contributed by atoms with van der Waals surface area (Å²) in [5.41, 5.74) is 0.120. The van der Waals surface area contributed by atoms with Crippen molar-refractivity contribution in [2.45, 2.75) is 58.8 Å². The Morgan fingerprint density at radius 3 is 2.57 bits per heavy atom. The number of aliphatic hydroxyl groups excluding tert-OH is 1. The van der Waals surface area contributed by atoms with Crippen molar-refractivity contribution in [3.05, 3.63) is 29.6 Å². The zero-order chi connectivity index (χ0) is 16.2. The van der Waals surface area contributed by atoms with Crippen LogP contribution in [0.25, 0.3) is 0 Å². The normalized spacial score (nSPS) is 14.4. The van der Waals surface area contributed by atoms with E-state index in [1.807, 2.05) is 20.8 Å². The number of rotatable bonds is 6. The molecule has 0 bridgehead atoms. The lowest BCUT2D eigenvalue weighted by Crippen LogP contribution is -2.48. The van der Waals surface area contributed by atoms with Gasteiger partial charge in [-0.15, -0.1) is 0 Å². The maximum atomic E-state index is 13.3. The van der Waals surface area contributed by atoms with Crippen LogP contribution in [-0.4, -0.2) is 22.7 Å². The minimum absolute atomic E-state index is 0.182. The Morgan fingerprint density at radius 2 is 2.05 bits per heavy atom. The quantitative estimate of drug-likeness (QED) is 0.848. The number of carbonyl (C=O) groups excluding carboxylic acids is 1. The first-order valence-electron chi connectivity index (χ1n) is 7.12. The van der Waals surface area contributed by atoms with Gasteiger partial charge in [0.15, 0.2) is 6.10 Å². The summed E-state index contributed by atoms with van der Waals surface area (Å²) in [7, 11) is 0. The van der Waals surface area contributed by atoms with Crippen molar-refractivity contribution in [2.24, 2.45) is 0 Å². The molecule has 0 aliphatic rings. The van der Waals surface area contributed by atoms with Crippen LogP contribution < -0.4 is 10.1 Å². The highest BCUT2D eigenvalue weighted by Crippen LogP contribution is 2.27. The smallest absolute Gasteiger partial charge is 0.261 e. The second-order valence-electron chi connectivity index (χ2n) is 5.84. The van der Waals surface area contributed by atoms with E-state index >= 15 is 0 Å². The Labute approximate surface area is 125 Å². The molecule has 0 aliphatic carbocycles. The van der Waals surface area contributed by atoms with E-state index in [4.69, 9.17) is 4.74 Å². The average Bonchev–Trinajstić information content (AvgIpc) is 2.37. The van der Waals surface area contributed by atoms with Crippen molar-refractivity contribution in [3.63, 3.8) is 0 Å². The van der Waals surface area contributed by atoms with Crippen molar-refractivity contribution in [1.82, 2.24) is 5.32 Å². The highest BCUT2D eigenvalue weighted by atomic mass is 19.1. The van der Waals surface area contributed by atoms with Crippen LogP contribution in [0.4, 0.5) is 4.39 Å². The van der Waals surface area contributed by atoms with Crippen molar-refractivity contribution >= 4 is 5.91 Å². The zero-order valence-corrected chi connectivity index (χ0v) is 13.2. The van der Waals surface area contributed by atoms with Crippen molar-refractivity contribution in [2.75, 3.05) is 0 Å². The van der Waals surface area contributed by atoms with Gasteiger partial charge in [0.1, 0.15) is 11.6 Å². The molecule has 2 atom stereocenters. The van der Waals surface area contributed by atoms with Crippen LogP contribution in [0.2, 0.25) is 0 Å². The first-order chi connectivity index (χ1) is 9.66. The fourth-order valence-corrected chi connectivity index (χ4v) is 1.72. The summed E-state index contributed by atoms with van der Waals surface area (Å²) >= 11 is 0. The number of benzene rings is 1. The van der Waals surface area contributed by atoms with E-state index in [1.165, 1.54) is 18.2 Å². The summed E-state index contributed by atoms with van der Waals surface area (Å²) in [6, 6.07) is 3.88. The molecular weight excluding hydrogens is 273 g/mol. The Bertz CT molecular complexity index is 500. The fourth-order valence-electron chi connectivity index (χ4n) is 1.72. The fraction of sp³-hybridized carbons (Fsp3) is 0.562. The van der Waals surface area contributed by atoms with E-state index < -0.39 is 18.0 Å². The van der Waals surface area contributed by atoms with Crippen LogP contribution in [0.5, 0.6) is 5.75 Å². The summed E-state index contributed by atoms with van der Waals surface area (Å²) in [5.74, 6) is -0.569. The standard InChI is InChI=1S/C16H24FNO3/c1-6-16(4,5)18-15(20)11(3)21-14-9-12(17)7-8-13(14)10(2)19/h7-11,19H,6H2,1-5H3,(H,18,20)/t10-,11?/m1/s1. The number of carbonyl (C=O) groups is 1. The van der Waals surface area contributed by atoms with Gasteiger partial charge in [0.25, 0.3) is 5.91 Å². The van der Waals surface area contributed by atoms with Crippen LogP contribution in [-0.2, 0) is 4.79 Å². The molecule has 0 saturated heterocycles. The number of hydrogen-bond donors (Lipinski definition) is 2. The Kier molecular flexibility index (Phi) is 5.72. The first-order valence-corrected chi connectivity index (χ1v) is 7.12. The minimum atomic E-state index is -0.803. The van der Waals surface area contributed by atoms with Crippen LogP contribution in [0.1, 0.15) is 52.7 Å². The molecule has 4 nitrogen and oxygen atoms in total. The third-order valence-corrected chi connectivity index (χ3v) is 3.44. The van der Waals surface area contributed by atoms with Gasteiger partial charge in [0.05, 0.1) is 6.10 Å². The number of halogens is 1. The minimum Gasteiger partial charge on any atom is -0.480 e. The van der Waals surface area contributed by atoms with Gasteiger partial charge < -0.3 is 15.2 Å². The second kappa shape index (κ2) is 6.89. The van der Waals surface area contributed by atoms with Gasteiger partial charge in [0, 0.05) is 17.2 Å². The molecule has 5 heteroatoms. The molecule has 0 aliphatic heterocycles. The van der Waals surface area contributed by atoms with Gasteiger partial charge in [-0.2, -0.15) is 0 Å². The lowest BCUT2D eigenvalue weighted by molar-refractivity contribution is -0.129. The molecule has 0 radical (unpaired) electrons. The average molecular weight is 297 g/mol. The summed E-state index contributed by atoms with van der Waals surface area (Å²) in [6.45, 7) is 8.97. The van der Waals surface area contributed by atoms with Crippen LogP contribution in [0.15, 0.2) is 18.2 Å². The molecule has 0 saturated carbocycles. The van der Waals surface area contributed by atoms with Gasteiger partial charge in [0.2, 0.25) is 0 Å². The van der Waals surface area contributed by atoms with Gasteiger partial charge in [-0.05, 0) is 46.2 Å². The third-order valence-electron chi connectivity index (χ3n) is 3.44. The Balaban J connectivity index is 2.85. The second-order valence-corrected chi connectivity index (χ2v) is 5.84. The van der Waals surface area contributed by atoms with Crippen LogP contribution >= 0.6 is 0 Å². The predicted octanol–water partition coefficient (Wildman–Crippen LogP) is 2.95. The van der Waals surface area contributed by atoms with Crippen LogP contribution in [0, 0.1) is 5.82 Å². The van der Waals surface area contributed by atoms with Gasteiger partial charge in [-0.25, -0.2) is 4.39 Å². The molecule has 0 heterocycles. The van der Waals surface area contributed by atoms with Crippen molar-refractivity contribution in [3.8, 4) is 5.75 Å². The number of nitrogens with one attached hydrogen (secondary N) is 1. The third kappa shape index (κ3) is 5.01. The van der Waals surface area contributed by atoms with Gasteiger partial charge >= 0.3 is 0 Å². The largest absolute Gasteiger partial charge is 0.480 e. The summed E-state index contributed by atoms with van der Waals surface area (Å²) in [4.78, 5) is 12.1. The molecule has 21 heavy (non-hydrogen) atoms. The summed E-state index contributed by atoms with van der Waals surface area (Å²) in [5, 5.41) is 12.5. The molecule has 1 aromatic carbocycles. The maximum Gasteiger partial charge on any atom is 0.261 e. The van der Waals surface area contributed by atoms with Gasteiger partial charge in [-0.1, -0.05) is 6.92 Å². The highest BCUT2D eigenvalue weighted by Gasteiger charge is 2.24. The van der Waals surface area contributed by atoms with E-state index in [2.05, 4.69) is 5.32 Å². The Morgan fingerprint density at radius 1 is 1.43 bits per heavy atom. The van der Waals surface area contributed by atoms with E-state index in [0.29, 0.717) is 5.56 Å². The summed E-state index contributed by atoms with van der Waals surface area (Å²) in [6.07, 6.45) is -0.803. The van der Waals surface area contributed by atoms with E-state index in [0.717, 1.165) is 6.42 Å². The van der Waals surface area contributed by atoms with E-state index in [9.17, 15) is 14.3 Å². The number of amides is 1. The molecule has 1 rings (SSSR count). The number of hydrogen-bond acceptors (Lipinski definition) is 3. The molecule has 0 spiro atoms. The summed E-state index contributed by atoms with van der Waals surface area (Å²) < 4.78 is 18.9. The molecule has 1 amide bonds. The molecule has 1 unspecified atom stereocenters. The van der Waals surface area contributed by atoms with Gasteiger partial charge in [-0.3, -0.25) is 4.79 Å².